The van der Waals surface area contributed by atoms with Crippen molar-refractivity contribution in [1.82, 2.24) is 5.32 Å². The second-order valence-corrected chi connectivity index (χ2v) is 4.55. The number of amidine groups is 1. The number of nitrogens with one attached hydrogen (secondary N) is 1. The lowest BCUT2D eigenvalue weighted by Crippen LogP contribution is -2.13. The molecule has 0 aromatic heterocycles. The van der Waals surface area contributed by atoms with Crippen molar-refractivity contribution in [3.8, 4) is 5.75 Å². The molecule has 0 aliphatic heterocycles. The lowest BCUT2D eigenvalue weighted by molar-refractivity contribution is 0.415. The van der Waals surface area contributed by atoms with E-state index < -0.39 is 0 Å². The SMILES string of the molecule is C=C(/N=C(\C)NC)c1cc(N)c2cc(OC)ccc2c1. The molecule has 0 aliphatic carbocycles. The van der Waals surface area contributed by atoms with Crippen molar-refractivity contribution in [2.24, 2.45) is 4.99 Å². The average molecular weight is 269 g/mol. The monoisotopic (exact) mass is 269 g/mol. The molecule has 0 spiro atoms. The Morgan fingerprint density at radius 2 is 2.05 bits per heavy atom. The number of hydrogen-bond acceptors (Lipinski definition) is 3. The zero-order valence-electron chi connectivity index (χ0n) is 12.0. The van der Waals surface area contributed by atoms with E-state index in [2.05, 4.69) is 16.9 Å². The summed E-state index contributed by atoms with van der Waals surface area (Å²) in [5.41, 5.74) is 8.40. The minimum absolute atomic E-state index is 0.682. The van der Waals surface area contributed by atoms with Crippen LogP contribution in [0.15, 0.2) is 41.9 Å². The molecule has 3 N–H and O–H groups in total. The first-order valence-electron chi connectivity index (χ1n) is 6.34. The Balaban J connectivity index is 2.50. The van der Waals surface area contributed by atoms with Crippen molar-refractivity contribution < 1.29 is 4.74 Å². The summed E-state index contributed by atoms with van der Waals surface area (Å²) in [4.78, 5) is 4.38. The minimum Gasteiger partial charge on any atom is -0.497 e. The second kappa shape index (κ2) is 5.65. The van der Waals surface area contributed by atoms with Gasteiger partial charge in [-0.15, -0.1) is 0 Å². The lowest BCUT2D eigenvalue weighted by atomic mass is 10.0. The molecule has 4 heteroatoms. The van der Waals surface area contributed by atoms with Crippen LogP contribution in [0.4, 0.5) is 5.69 Å². The fourth-order valence-corrected chi connectivity index (χ4v) is 1.98. The molecule has 0 aliphatic rings. The highest BCUT2D eigenvalue weighted by Gasteiger charge is 2.06. The predicted molar refractivity (Wildman–Crippen MR) is 86.1 cm³/mol. The largest absolute Gasteiger partial charge is 0.497 e. The molecule has 0 saturated carbocycles. The third-order valence-electron chi connectivity index (χ3n) is 3.19. The molecule has 2 aromatic rings. The van der Waals surface area contributed by atoms with E-state index in [1.807, 2.05) is 44.3 Å². The van der Waals surface area contributed by atoms with E-state index in [0.717, 1.165) is 27.9 Å². The summed E-state index contributed by atoms with van der Waals surface area (Å²) < 4.78 is 5.22. The highest BCUT2D eigenvalue weighted by Crippen LogP contribution is 2.29. The van der Waals surface area contributed by atoms with Crippen LogP contribution in [0.3, 0.4) is 0 Å². The number of rotatable bonds is 3. The van der Waals surface area contributed by atoms with Gasteiger partial charge in [-0.2, -0.15) is 0 Å². The van der Waals surface area contributed by atoms with Gasteiger partial charge in [-0.3, -0.25) is 0 Å². The molecule has 20 heavy (non-hydrogen) atoms. The van der Waals surface area contributed by atoms with Crippen molar-refractivity contribution in [2.45, 2.75) is 6.92 Å². The summed E-state index contributed by atoms with van der Waals surface area (Å²) in [6.07, 6.45) is 0. The summed E-state index contributed by atoms with van der Waals surface area (Å²) in [6.45, 7) is 5.88. The lowest BCUT2D eigenvalue weighted by Gasteiger charge is -2.09. The van der Waals surface area contributed by atoms with Crippen molar-refractivity contribution in [3.05, 3.63) is 42.5 Å². The van der Waals surface area contributed by atoms with Gasteiger partial charge in [-0.05, 0) is 36.6 Å². The normalized spacial score (nSPS) is 11.4. The smallest absolute Gasteiger partial charge is 0.119 e. The number of benzene rings is 2. The Labute approximate surface area is 119 Å². The number of nitrogen functional groups attached to an aromatic ring is 1. The first-order valence-corrected chi connectivity index (χ1v) is 6.34. The summed E-state index contributed by atoms with van der Waals surface area (Å²) in [7, 11) is 3.47. The Morgan fingerprint density at radius 3 is 2.70 bits per heavy atom. The van der Waals surface area contributed by atoms with E-state index in [0.29, 0.717) is 11.4 Å². The maximum Gasteiger partial charge on any atom is 0.119 e. The number of ether oxygens (including phenoxy) is 1. The molecule has 4 nitrogen and oxygen atoms in total. The number of nitrogens with two attached hydrogens (primary N) is 1. The summed E-state index contributed by atoms with van der Waals surface area (Å²) in [5.74, 6) is 1.60. The number of methoxy groups -OCH3 is 1. The number of hydrogen-bond donors (Lipinski definition) is 2. The molecule has 0 saturated heterocycles. The molecule has 2 aromatic carbocycles. The minimum atomic E-state index is 0.682. The predicted octanol–water partition coefficient (Wildman–Crippen LogP) is 3.04. The summed E-state index contributed by atoms with van der Waals surface area (Å²) in [5, 5.41) is 4.98. The van der Waals surface area contributed by atoms with Crippen molar-refractivity contribution >= 4 is 28.0 Å². The summed E-state index contributed by atoms with van der Waals surface area (Å²) in [6, 6.07) is 9.74. The Bertz CT molecular complexity index is 689. The fourth-order valence-electron chi connectivity index (χ4n) is 1.98. The van der Waals surface area contributed by atoms with Gasteiger partial charge >= 0.3 is 0 Å². The van der Waals surface area contributed by atoms with Gasteiger partial charge in [0.15, 0.2) is 0 Å². The molecular formula is C16H19N3O. The van der Waals surface area contributed by atoms with Gasteiger partial charge in [0, 0.05) is 23.7 Å². The number of nitrogens with zero attached hydrogens (tertiary/aromatic N) is 1. The van der Waals surface area contributed by atoms with Crippen molar-refractivity contribution in [1.29, 1.82) is 0 Å². The standard InChI is InChI=1S/C16H19N3O/c1-10(19-11(2)18-3)13-7-12-5-6-14(20-4)9-15(12)16(17)8-13/h5-9H,1,17H2,2-4H3,(H,18,19). The van der Waals surface area contributed by atoms with Crippen LogP contribution in [0.5, 0.6) is 5.75 Å². The maximum absolute atomic E-state index is 6.12. The molecule has 0 unspecified atom stereocenters. The first-order chi connectivity index (χ1) is 9.55. The van der Waals surface area contributed by atoms with E-state index in [9.17, 15) is 0 Å². The zero-order valence-corrected chi connectivity index (χ0v) is 12.0. The van der Waals surface area contributed by atoms with Crippen LogP contribution in [-0.4, -0.2) is 20.0 Å². The maximum atomic E-state index is 6.12. The molecule has 2 rings (SSSR count). The van der Waals surface area contributed by atoms with E-state index in [-0.39, 0.29) is 0 Å². The topological polar surface area (TPSA) is 59.6 Å². The third kappa shape index (κ3) is 2.74. The van der Waals surface area contributed by atoms with Crippen LogP contribution in [0.25, 0.3) is 16.5 Å². The zero-order chi connectivity index (χ0) is 14.7. The quantitative estimate of drug-likeness (QED) is 0.511. The Morgan fingerprint density at radius 1 is 1.30 bits per heavy atom. The Hall–Kier alpha value is -2.49. The molecule has 0 bridgehead atoms. The number of fused-ring (bicyclic) bond motifs is 1. The number of aliphatic imine (C=N–C) groups is 1. The fraction of sp³-hybridized carbons (Fsp3) is 0.188. The highest BCUT2D eigenvalue weighted by molar-refractivity contribution is 5.97. The third-order valence-corrected chi connectivity index (χ3v) is 3.19. The second-order valence-electron chi connectivity index (χ2n) is 4.55. The van der Waals surface area contributed by atoms with Crippen LogP contribution >= 0.6 is 0 Å². The number of anilines is 1. The van der Waals surface area contributed by atoms with E-state index in [4.69, 9.17) is 10.5 Å². The van der Waals surface area contributed by atoms with E-state index in [1.165, 1.54) is 0 Å². The van der Waals surface area contributed by atoms with Gasteiger partial charge in [-0.25, -0.2) is 4.99 Å². The van der Waals surface area contributed by atoms with Crippen LogP contribution in [0.1, 0.15) is 12.5 Å². The van der Waals surface area contributed by atoms with Crippen LogP contribution in [-0.2, 0) is 0 Å². The van der Waals surface area contributed by atoms with Crippen molar-refractivity contribution in [3.63, 3.8) is 0 Å². The summed E-state index contributed by atoms with van der Waals surface area (Å²) >= 11 is 0. The van der Waals surface area contributed by atoms with Gasteiger partial charge in [0.05, 0.1) is 18.6 Å². The van der Waals surface area contributed by atoms with Crippen LogP contribution in [0.2, 0.25) is 0 Å². The van der Waals surface area contributed by atoms with Gasteiger partial charge in [0.2, 0.25) is 0 Å². The molecular weight excluding hydrogens is 250 g/mol. The van der Waals surface area contributed by atoms with Gasteiger partial charge < -0.3 is 15.8 Å². The van der Waals surface area contributed by atoms with Crippen LogP contribution in [0, 0.1) is 0 Å². The molecule has 0 amide bonds. The molecule has 104 valence electrons. The van der Waals surface area contributed by atoms with Crippen molar-refractivity contribution in [2.75, 3.05) is 19.9 Å². The average Bonchev–Trinajstić information content (AvgIpc) is 2.46. The van der Waals surface area contributed by atoms with Crippen LogP contribution < -0.4 is 15.8 Å². The Kier molecular flexibility index (Phi) is 3.94. The molecule has 0 fully saturated rings. The van der Waals surface area contributed by atoms with Gasteiger partial charge in [0.1, 0.15) is 5.75 Å². The van der Waals surface area contributed by atoms with Gasteiger partial charge in [-0.1, -0.05) is 12.6 Å². The van der Waals surface area contributed by atoms with E-state index in [1.54, 1.807) is 7.11 Å². The first kappa shape index (κ1) is 13.9. The highest BCUT2D eigenvalue weighted by atomic mass is 16.5. The molecule has 0 radical (unpaired) electrons. The molecule has 0 atom stereocenters. The van der Waals surface area contributed by atoms with E-state index >= 15 is 0 Å². The van der Waals surface area contributed by atoms with Gasteiger partial charge in [0.25, 0.3) is 0 Å². The molecule has 0 heterocycles.